The minimum Gasteiger partial charge on any atom is -0.508 e. The molecule has 26 heavy (non-hydrogen) atoms. The maximum Gasteiger partial charge on any atom is 0.255 e. The number of aromatic hydroxyl groups is 1. The molecule has 0 atom stereocenters. The number of benzene rings is 2. The molecule has 4 nitrogen and oxygen atoms in total. The van der Waals surface area contributed by atoms with Gasteiger partial charge in [0, 0.05) is 28.1 Å². The number of rotatable bonds is 6. The fourth-order valence-corrected chi connectivity index (χ4v) is 3.33. The van der Waals surface area contributed by atoms with Crippen molar-refractivity contribution < 1.29 is 14.7 Å². The van der Waals surface area contributed by atoms with Gasteiger partial charge in [0.15, 0.2) is 0 Å². The number of nitrogens with one attached hydrogen (secondary N) is 1. The highest BCUT2D eigenvalue weighted by molar-refractivity contribution is 8.00. The summed E-state index contributed by atoms with van der Waals surface area (Å²) >= 11 is 1.46. The van der Waals surface area contributed by atoms with E-state index in [0.717, 1.165) is 10.5 Å². The van der Waals surface area contributed by atoms with E-state index >= 15 is 0 Å². The largest absolute Gasteiger partial charge is 0.508 e. The molecular weight excluding hydrogens is 346 g/mol. The van der Waals surface area contributed by atoms with E-state index in [0.29, 0.717) is 23.4 Å². The van der Waals surface area contributed by atoms with Gasteiger partial charge in [-0.15, -0.1) is 11.8 Å². The molecule has 0 bridgehead atoms. The van der Waals surface area contributed by atoms with Gasteiger partial charge in [-0.05, 0) is 41.8 Å². The first-order chi connectivity index (χ1) is 12.2. The van der Waals surface area contributed by atoms with Gasteiger partial charge in [0.1, 0.15) is 11.5 Å². The highest BCUT2D eigenvalue weighted by Crippen LogP contribution is 2.31. The van der Waals surface area contributed by atoms with E-state index in [4.69, 9.17) is 0 Å². The molecule has 2 aromatic carbocycles. The Balaban J connectivity index is 2.14. The van der Waals surface area contributed by atoms with Crippen molar-refractivity contribution in [3.05, 3.63) is 53.6 Å². The van der Waals surface area contributed by atoms with Gasteiger partial charge in [-0.1, -0.05) is 33.8 Å². The van der Waals surface area contributed by atoms with Crippen molar-refractivity contribution in [2.45, 2.75) is 44.4 Å². The summed E-state index contributed by atoms with van der Waals surface area (Å²) in [7, 11) is 0. The van der Waals surface area contributed by atoms with E-state index in [2.05, 4.69) is 5.32 Å². The van der Waals surface area contributed by atoms with Gasteiger partial charge in [0.2, 0.25) is 0 Å². The molecule has 0 aliphatic heterocycles. The standard InChI is InChI=1S/C21H25NO3S/c1-5-16(23)13-26-17-8-6-7-15(12-17)22-20(25)14-9-10-19(24)18(11-14)21(2,3)4/h6-12,24H,5,13H2,1-4H3,(H,22,25). The van der Waals surface area contributed by atoms with Crippen LogP contribution in [-0.4, -0.2) is 22.5 Å². The quantitative estimate of drug-likeness (QED) is 0.700. The van der Waals surface area contributed by atoms with Gasteiger partial charge in [-0.3, -0.25) is 9.59 Å². The Morgan fingerprint density at radius 1 is 1.12 bits per heavy atom. The average Bonchev–Trinajstić information content (AvgIpc) is 2.59. The lowest BCUT2D eigenvalue weighted by atomic mass is 9.85. The van der Waals surface area contributed by atoms with Crippen LogP contribution < -0.4 is 5.32 Å². The molecule has 0 radical (unpaired) electrons. The molecule has 2 aromatic rings. The number of ketones is 1. The van der Waals surface area contributed by atoms with Gasteiger partial charge in [0.25, 0.3) is 5.91 Å². The summed E-state index contributed by atoms with van der Waals surface area (Å²) in [5.74, 6) is 0.583. The predicted molar refractivity (Wildman–Crippen MR) is 107 cm³/mol. The van der Waals surface area contributed by atoms with E-state index in [1.165, 1.54) is 11.8 Å². The summed E-state index contributed by atoms with van der Waals surface area (Å²) in [6.07, 6.45) is 0.528. The Morgan fingerprint density at radius 2 is 1.85 bits per heavy atom. The smallest absolute Gasteiger partial charge is 0.255 e. The maximum absolute atomic E-state index is 12.6. The lowest BCUT2D eigenvalue weighted by Crippen LogP contribution is -2.16. The number of carbonyl (C=O) groups is 2. The number of hydrogen-bond donors (Lipinski definition) is 2. The first-order valence-electron chi connectivity index (χ1n) is 8.60. The highest BCUT2D eigenvalue weighted by atomic mass is 32.2. The first-order valence-corrected chi connectivity index (χ1v) is 9.58. The van der Waals surface area contributed by atoms with Gasteiger partial charge >= 0.3 is 0 Å². The molecule has 0 aliphatic rings. The normalized spacial score (nSPS) is 11.2. The van der Waals surface area contributed by atoms with Crippen LogP contribution in [0.15, 0.2) is 47.4 Å². The van der Waals surface area contributed by atoms with E-state index in [1.807, 2.05) is 52.0 Å². The SMILES string of the molecule is CCC(=O)CSc1cccc(NC(=O)c2ccc(O)c(C(C)(C)C)c2)c1. The molecule has 0 fully saturated rings. The van der Waals surface area contributed by atoms with Gasteiger partial charge in [0.05, 0.1) is 5.75 Å². The Kier molecular flexibility index (Phi) is 6.48. The number of amides is 1. The molecule has 0 aromatic heterocycles. The van der Waals surface area contributed by atoms with Crippen molar-refractivity contribution in [2.24, 2.45) is 0 Å². The van der Waals surface area contributed by atoms with E-state index < -0.39 is 0 Å². The minimum atomic E-state index is -0.261. The van der Waals surface area contributed by atoms with Crippen LogP contribution in [0.3, 0.4) is 0 Å². The Hall–Kier alpha value is -2.27. The van der Waals surface area contributed by atoms with E-state index in [1.54, 1.807) is 18.2 Å². The first kappa shape index (κ1) is 20.0. The van der Waals surface area contributed by atoms with Crippen LogP contribution in [0.4, 0.5) is 5.69 Å². The minimum absolute atomic E-state index is 0.188. The maximum atomic E-state index is 12.6. The predicted octanol–water partition coefficient (Wildman–Crippen LogP) is 5.01. The molecule has 0 saturated heterocycles. The second-order valence-electron chi connectivity index (χ2n) is 7.14. The Morgan fingerprint density at radius 3 is 2.50 bits per heavy atom. The fraction of sp³-hybridized carbons (Fsp3) is 0.333. The monoisotopic (exact) mass is 371 g/mol. The molecular formula is C21H25NO3S. The molecule has 0 unspecified atom stereocenters. The summed E-state index contributed by atoms with van der Waals surface area (Å²) in [5.41, 5.74) is 1.64. The number of phenolic OH excluding ortho intramolecular Hbond substituents is 1. The molecule has 0 heterocycles. The summed E-state index contributed by atoms with van der Waals surface area (Å²) in [6, 6.07) is 12.3. The van der Waals surface area contributed by atoms with Crippen LogP contribution in [0.25, 0.3) is 0 Å². The molecule has 2 rings (SSSR count). The number of Topliss-reactive ketones (excluding diaryl/α,β-unsaturated/α-hetero) is 1. The molecule has 0 spiro atoms. The third-order valence-corrected chi connectivity index (χ3v) is 5.01. The zero-order valence-corrected chi connectivity index (χ0v) is 16.4. The van der Waals surface area contributed by atoms with Crippen molar-refractivity contribution in [1.82, 2.24) is 0 Å². The topological polar surface area (TPSA) is 66.4 Å². The van der Waals surface area contributed by atoms with Gasteiger partial charge in [-0.25, -0.2) is 0 Å². The molecule has 2 N–H and O–H groups in total. The zero-order valence-electron chi connectivity index (χ0n) is 15.6. The van der Waals surface area contributed by atoms with Crippen molar-refractivity contribution in [1.29, 1.82) is 0 Å². The third-order valence-electron chi connectivity index (χ3n) is 3.95. The molecule has 138 valence electrons. The Labute approximate surface area is 159 Å². The average molecular weight is 372 g/mol. The lowest BCUT2D eigenvalue weighted by Gasteiger charge is -2.21. The highest BCUT2D eigenvalue weighted by Gasteiger charge is 2.20. The van der Waals surface area contributed by atoms with Crippen molar-refractivity contribution in [3.63, 3.8) is 0 Å². The van der Waals surface area contributed by atoms with Crippen molar-refractivity contribution >= 4 is 29.1 Å². The number of carbonyl (C=O) groups excluding carboxylic acids is 2. The zero-order chi connectivity index (χ0) is 19.3. The van der Waals surface area contributed by atoms with Crippen LogP contribution in [0.1, 0.15) is 50.0 Å². The molecule has 5 heteroatoms. The summed E-state index contributed by atoms with van der Waals surface area (Å²) < 4.78 is 0. The fourth-order valence-electron chi connectivity index (χ4n) is 2.41. The van der Waals surface area contributed by atoms with Crippen LogP contribution in [0.2, 0.25) is 0 Å². The van der Waals surface area contributed by atoms with Crippen molar-refractivity contribution in [3.8, 4) is 5.75 Å². The van der Waals surface area contributed by atoms with Gasteiger partial charge in [-0.2, -0.15) is 0 Å². The van der Waals surface area contributed by atoms with Crippen molar-refractivity contribution in [2.75, 3.05) is 11.1 Å². The number of anilines is 1. The van der Waals surface area contributed by atoms with E-state index in [-0.39, 0.29) is 22.9 Å². The van der Waals surface area contributed by atoms with Crippen LogP contribution >= 0.6 is 11.8 Å². The summed E-state index contributed by atoms with van der Waals surface area (Å²) in [6.45, 7) is 7.81. The second-order valence-corrected chi connectivity index (χ2v) is 8.19. The second kappa shape index (κ2) is 8.41. The van der Waals surface area contributed by atoms with Gasteiger partial charge < -0.3 is 10.4 Å². The third kappa shape index (κ3) is 5.36. The van der Waals surface area contributed by atoms with Crippen LogP contribution in [0, 0.1) is 0 Å². The number of thioether (sulfide) groups is 1. The number of hydrogen-bond acceptors (Lipinski definition) is 4. The Bertz CT molecular complexity index is 809. The van der Waals surface area contributed by atoms with Crippen LogP contribution in [0.5, 0.6) is 5.75 Å². The number of phenols is 1. The molecule has 0 saturated carbocycles. The van der Waals surface area contributed by atoms with Crippen LogP contribution in [-0.2, 0) is 10.2 Å². The summed E-state index contributed by atoms with van der Waals surface area (Å²) in [4.78, 5) is 25.0. The summed E-state index contributed by atoms with van der Waals surface area (Å²) in [5, 5.41) is 12.9. The molecule has 1 amide bonds. The van der Waals surface area contributed by atoms with E-state index in [9.17, 15) is 14.7 Å². The molecule has 0 aliphatic carbocycles. The lowest BCUT2D eigenvalue weighted by molar-refractivity contribution is -0.116.